The summed E-state index contributed by atoms with van der Waals surface area (Å²) in [5.74, 6) is 2.22. The SMILES string of the molecule is C=CNCCCCCCCCCCCCCCCCCC(CCC)C1CC1. The van der Waals surface area contributed by atoms with Crippen LogP contribution in [-0.4, -0.2) is 6.54 Å². The van der Waals surface area contributed by atoms with Crippen molar-refractivity contribution in [3.63, 3.8) is 0 Å². The third kappa shape index (κ3) is 16.2. The molecule has 160 valence electrons. The van der Waals surface area contributed by atoms with E-state index in [0.29, 0.717) is 0 Å². The summed E-state index contributed by atoms with van der Waals surface area (Å²) in [6, 6.07) is 0. The van der Waals surface area contributed by atoms with Gasteiger partial charge in [-0.25, -0.2) is 0 Å². The Hall–Kier alpha value is -0.460. The van der Waals surface area contributed by atoms with Crippen LogP contribution in [0.15, 0.2) is 12.8 Å². The second-order valence-corrected chi connectivity index (χ2v) is 9.14. The van der Waals surface area contributed by atoms with Crippen molar-refractivity contribution in [2.75, 3.05) is 6.54 Å². The standard InChI is InChI=1S/C26H51N/c1-3-20-25(26-22-23-26)21-18-16-14-12-10-8-6-5-7-9-11-13-15-17-19-24-27-4-2/h4,25-27H,2-3,5-24H2,1H3. The number of hydrogen-bond donors (Lipinski definition) is 1. The van der Waals surface area contributed by atoms with E-state index in [0.717, 1.165) is 18.4 Å². The van der Waals surface area contributed by atoms with Gasteiger partial charge in [0.1, 0.15) is 0 Å². The molecule has 1 nitrogen and oxygen atoms in total. The molecule has 1 aliphatic carbocycles. The molecule has 1 saturated carbocycles. The van der Waals surface area contributed by atoms with Crippen LogP contribution < -0.4 is 5.32 Å². The first-order valence-electron chi connectivity index (χ1n) is 12.7. The van der Waals surface area contributed by atoms with Crippen molar-refractivity contribution in [2.45, 2.75) is 135 Å². The maximum absolute atomic E-state index is 3.68. The summed E-state index contributed by atoms with van der Waals surface area (Å²) in [5, 5.41) is 3.18. The first-order chi connectivity index (χ1) is 13.4. The second kappa shape index (κ2) is 18.9. The lowest BCUT2D eigenvalue weighted by atomic mass is 9.91. The number of hydrogen-bond acceptors (Lipinski definition) is 1. The van der Waals surface area contributed by atoms with Crippen LogP contribution in [0.1, 0.15) is 135 Å². The van der Waals surface area contributed by atoms with Crippen LogP contribution in [0.3, 0.4) is 0 Å². The Labute approximate surface area is 172 Å². The smallest absolute Gasteiger partial charge is 0.0141 e. The van der Waals surface area contributed by atoms with Crippen molar-refractivity contribution < 1.29 is 0 Å². The first kappa shape index (κ1) is 24.6. The van der Waals surface area contributed by atoms with Crippen molar-refractivity contribution >= 4 is 0 Å². The Balaban J connectivity index is 1.69. The summed E-state index contributed by atoms with van der Waals surface area (Å²) < 4.78 is 0. The van der Waals surface area contributed by atoms with E-state index in [2.05, 4.69) is 18.8 Å². The van der Waals surface area contributed by atoms with E-state index < -0.39 is 0 Å². The maximum Gasteiger partial charge on any atom is 0.0141 e. The summed E-state index contributed by atoms with van der Waals surface area (Å²) in [5.41, 5.74) is 0. The average molecular weight is 378 g/mol. The van der Waals surface area contributed by atoms with Gasteiger partial charge >= 0.3 is 0 Å². The highest BCUT2D eigenvalue weighted by Gasteiger charge is 2.29. The van der Waals surface area contributed by atoms with Crippen LogP contribution in [0.5, 0.6) is 0 Å². The van der Waals surface area contributed by atoms with Gasteiger partial charge in [0, 0.05) is 6.54 Å². The predicted molar refractivity (Wildman–Crippen MR) is 123 cm³/mol. The van der Waals surface area contributed by atoms with Crippen LogP contribution in [0, 0.1) is 11.8 Å². The number of unbranched alkanes of at least 4 members (excludes halogenated alkanes) is 14. The third-order valence-corrected chi connectivity index (χ3v) is 6.49. The van der Waals surface area contributed by atoms with Gasteiger partial charge in [0.15, 0.2) is 0 Å². The predicted octanol–water partition coefficient (Wildman–Crippen LogP) is 8.79. The minimum Gasteiger partial charge on any atom is -0.391 e. The molecule has 0 radical (unpaired) electrons. The molecule has 0 aromatic heterocycles. The lowest BCUT2D eigenvalue weighted by molar-refractivity contribution is 0.375. The van der Waals surface area contributed by atoms with Crippen molar-refractivity contribution in [1.29, 1.82) is 0 Å². The summed E-state index contributed by atoms with van der Waals surface area (Å²) >= 11 is 0. The van der Waals surface area contributed by atoms with Crippen LogP contribution in [0.25, 0.3) is 0 Å². The Morgan fingerprint density at radius 3 is 1.56 bits per heavy atom. The Morgan fingerprint density at radius 2 is 1.15 bits per heavy atom. The molecule has 0 aromatic rings. The van der Waals surface area contributed by atoms with Crippen LogP contribution in [0.4, 0.5) is 0 Å². The summed E-state index contributed by atoms with van der Waals surface area (Å²) in [6.45, 7) is 7.14. The fourth-order valence-corrected chi connectivity index (χ4v) is 4.59. The van der Waals surface area contributed by atoms with Gasteiger partial charge in [-0.1, -0.05) is 123 Å². The van der Waals surface area contributed by atoms with Gasteiger partial charge in [-0.15, -0.1) is 0 Å². The van der Waals surface area contributed by atoms with Crippen LogP contribution >= 0.6 is 0 Å². The summed E-state index contributed by atoms with van der Waals surface area (Å²) in [4.78, 5) is 0. The molecule has 0 amide bonds. The fraction of sp³-hybridized carbons (Fsp3) is 0.923. The monoisotopic (exact) mass is 377 g/mol. The van der Waals surface area contributed by atoms with Crippen molar-refractivity contribution in [3.8, 4) is 0 Å². The van der Waals surface area contributed by atoms with E-state index in [9.17, 15) is 0 Å². The topological polar surface area (TPSA) is 12.0 Å². The zero-order chi connectivity index (χ0) is 19.4. The highest BCUT2D eigenvalue weighted by molar-refractivity contribution is 4.80. The third-order valence-electron chi connectivity index (χ3n) is 6.49. The molecule has 0 heterocycles. The molecule has 1 rings (SSSR count). The van der Waals surface area contributed by atoms with Gasteiger partial charge in [-0.05, 0) is 37.3 Å². The zero-order valence-corrected chi connectivity index (χ0v) is 18.8. The van der Waals surface area contributed by atoms with Gasteiger partial charge in [-0.2, -0.15) is 0 Å². The molecular weight excluding hydrogens is 326 g/mol. The molecule has 1 unspecified atom stereocenters. The summed E-state index contributed by atoms with van der Waals surface area (Å²) in [7, 11) is 0. The molecule has 1 atom stereocenters. The fourth-order valence-electron chi connectivity index (χ4n) is 4.59. The minimum absolute atomic E-state index is 1.09. The molecule has 1 fully saturated rings. The van der Waals surface area contributed by atoms with Crippen LogP contribution in [-0.2, 0) is 0 Å². The van der Waals surface area contributed by atoms with Gasteiger partial charge < -0.3 is 5.32 Å². The van der Waals surface area contributed by atoms with Gasteiger partial charge in [-0.3, -0.25) is 0 Å². The quantitative estimate of drug-likeness (QED) is 0.186. The molecule has 0 aliphatic heterocycles. The lowest BCUT2D eigenvalue weighted by Crippen LogP contribution is -2.05. The second-order valence-electron chi connectivity index (χ2n) is 9.14. The molecule has 0 aromatic carbocycles. The van der Waals surface area contributed by atoms with Crippen molar-refractivity contribution in [1.82, 2.24) is 5.32 Å². The Bertz CT molecular complexity index is 307. The van der Waals surface area contributed by atoms with E-state index in [4.69, 9.17) is 0 Å². The van der Waals surface area contributed by atoms with Crippen LogP contribution in [0.2, 0.25) is 0 Å². The molecule has 0 saturated heterocycles. The van der Waals surface area contributed by atoms with E-state index >= 15 is 0 Å². The minimum atomic E-state index is 1.09. The zero-order valence-electron chi connectivity index (χ0n) is 18.8. The largest absolute Gasteiger partial charge is 0.391 e. The molecule has 0 bridgehead atoms. The summed E-state index contributed by atoms with van der Waals surface area (Å²) in [6.07, 6.45) is 31.1. The first-order valence-corrected chi connectivity index (χ1v) is 12.7. The van der Waals surface area contributed by atoms with E-state index in [1.165, 1.54) is 116 Å². The normalized spacial score (nSPS) is 15.0. The van der Waals surface area contributed by atoms with E-state index in [-0.39, 0.29) is 0 Å². The van der Waals surface area contributed by atoms with Crippen molar-refractivity contribution in [2.24, 2.45) is 11.8 Å². The maximum atomic E-state index is 3.68. The van der Waals surface area contributed by atoms with Crippen molar-refractivity contribution in [3.05, 3.63) is 12.8 Å². The molecular formula is C26H51N. The van der Waals surface area contributed by atoms with E-state index in [1.54, 1.807) is 19.0 Å². The van der Waals surface area contributed by atoms with Gasteiger partial charge in [0.25, 0.3) is 0 Å². The molecule has 27 heavy (non-hydrogen) atoms. The Morgan fingerprint density at radius 1 is 0.704 bits per heavy atom. The molecule has 0 spiro atoms. The highest BCUT2D eigenvalue weighted by atomic mass is 14.8. The van der Waals surface area contributed by atoms with Gasteiger partial charge in [0.2, 0.25) is 0 Å². The highest BCUT2D eigenvalue weighted by Crippen LogP contribution is 2.41. The van der Waals surface area contributed by atoms with Gasteiger partial charge in [0.05, 0.1) is 0 Å². The van der Waals surface area contributed by atoms with E-state index in [1.807, 2.05) is 0 Å². The number of nitrogens with one attached hydrogen (secondary N) is 1. The lowest BCUT2D eigenvalue weighted by Gasteiger charge is -2.14. The Kier molecular flexibility index (Phi) is 17.2. The molecule has 1 heteroatoms. The number of rotatable bonds is 22. The molecule has 1 N–H and O–H groups in total. The molecule has 1 aliphatic rings. The average Bonchev–Trinajstić information content (AvgIpc) is 3.51.